The van der Waals surface area contributed by atoms with Gasteiger partial charge in [-0.15, -0.1) is 0 Å². The number of aromatic nitrogens is 2. The van der Waals surface area contributed by atoms with Gasteiger partial charge in [0, 0.05) is 12.1 Å². The van der Waals surface area contributed by atoms with Crippen LogP contribution in [0.25, 0.3) is 0 Å². The van der Waals surface area contributed by atoms with Crippen molar-refractivity contribution in [1.29, 1.82) is 5.26 Å². The number of thioether (sulfide) groups is 1. The highest BCUT2D eigenvalue weighted by molar-refractivity contribution is 8.00. The number of nitriles is 1. The van der Waals surface area contributed by atoms with Crippen LogP contribution in [-0.2, 0) is 4.79 Å². The highest BCUT2D eigenvalue weighted by atomic mass is 32.2. The monoisotopic (exact) mass is 320 g/mol. The van der Waals surface area contributed by atoms with Gasteiger partial charge in [0.05, 0.1) is 10.9 Å². The van der Waals surface area contributed by atoms with Gasteiger partial charge in [-0.3, -0.25) is 4.79 Å². The predicted molar refractivity (Wildman–Crippen MR) is 88.7 cm³/mol. The maximum atomic E-state index is 12.7. The lowest BCUT2D eigenvalue weighted by Crippen LogP contribution is -2.45. The van der Waals surface area contributed by atoms with Gasteiger partial charge >= 0.3 is 0 Å². The van der Waals surface area contributed by atoms with Crippen LogP contribution in [0, 0.1) is 25.2 Å². The van der Waals surface area contributed by atoms with Crippen molar-refractivity contribution in [3.05, 3.63) is 17.1 Å². The standard InChI is InChI=1S/C16H24N4OS/c1-9(2)20(10(3)4)16(21)12(6)22-15-14(8-17)11(5)18-13(7)19-15/h9-10,12H,1-7H3. The molecule has 1 aromatic heterocycles. The first kappa shape index (κ1) is 18.4. The summed E-state index contributed by atoms with van der Waals surface area (Å²) < 4.78 is 0. The van der Waals surface area contributed by atoms with Crippen LogP contribution in [0.4, 0.5) is 0 Å². The second kappa shape index (κ2) is 7.59. The van der Waals surface area contributed by atoms with Crippen LogP contribution in [0.1, 0.15) is 51.7 Å². The number of rotatable bonds is 5. The van der Waals surface area contributed by atoms with Crippen molar-refractivity contribution in [2.75, 3.05) is 0 Å². The summed E-state index contributed by atoms with van der Waals surface area (Å²) >= 11 is 1.33. The molecule has 0 N–H and O–H groups in total. The topological polar surface area (TPSA) is 69.9 Å². The number of carbonyl (C=O) groups excluding carboxylic acids is 1. The van der Waals surface area contributed by atoms with Gasteiger partial charge in [-0.2, -0.15) is 5.26 Å². The van der Waals surface area contributed by atoms with Gasteiger partial charge in [0.1, 0.15) is 22.5 Å². The Balaban J connectivity index is 3.05. The lowest BCUT2D eigenvalue weighted by atomic mass is 10.2. The molecule has 1 amide bonds. The van der Waals surface area contributed by atoms with Crippen molar-refractivity contribution >= 4 is 17.7 Å². The fourth-order valence-electron chi connectivity index (χ4n) is 2.43. The van der Waals surface area contributed by atoms with Gasteiger partial charge in [-0.1, -0.05) is 11.8 Å². The molecule has 0 spiro atoms. The molecule has 1 aromatic rings. The Kier molecular flexibility index (Phi) is 6.36. The first-order chi connectivity index (χ1) is 10.2. The van der Waals surface area contributed by atoms with E-state index in [1.165, 1.54) is 11.8 Å². The van der Waals surface area contributed by atoms with Crippen LogP contribution in [0.15, 0.2) is 5.03 Å². The summed E-state index contributed by atoms with van der Waals surface area (Å²) in [5.74, 6) is 0.677. The number of hydrogen-bond acceptors (Lipinski definition) is 5. The quantitative estimate of drug-likeness (QED) is 0.616. The van der Waals surface area contributed by atoms with Crippen molar-refractivity contribution < 1.29 is 4.79 Å². The molecule has 1 rings (SSSR count). The predicted octanol–water partition coefficient (Wildman–Crippen LogP) is 3.09. The molecule has 0 fully saturated rings. The maximum Gasteiger partial charge on any atom is 0.236 e. The summed E-state index contributed by atoms with van der Waals surface area (Å²) in [7, 11) is 0. The molecule has 0 saturated carbocycles. The van der Waals surface area contributed by atoms with Crippen molar-refractivity contribution in [3.8, 4) is 6.07 Å². The molecule has 0 saturated heterocycles. The number of hydrogen-bond donors (Lipinski definition) is 0. The van der Waals surface area contributed by atoms with Gasteiger partial charge in [0.2, 0.25) is 5.91 Å². The third-order valence-corrected chi connectivity index (χ3v) is 4.36. The van der Waals surface area contributed by atoms with E-state index in [9.17, 15) is 10.1 Å². The van der Waals surface area contributed by atoms with Crippen LogP contribution < -0.4 is 0 Å². The fraction of sp³-hybridized carbons (Fsp3) is 0.625. The minimum absolute atomic E-state index is 0.0628. The number of amides is 1. The zero-order valence-corrected chi connectivity index (χ0v) is 15.2. The minimum Gasteiger partial charge on any atom is -0.337 e. The lowest BCUT2D eigenvalue weighted by Gasteiger charge is -2.32. The highest BCUT2D eigenvalue weighted by Crippen LogP contribution is 2.28. The molecule has 0 aromatic carbocycles. The van der Waals surface area contributed by atoms with E-state index in [0.717, 1.165) is 0 Å². The number of nitrogens with zero attached hydrogens (tertiary/aromatic N) is 4. The van der Waals surface area contributed by atoms with E-state index in [0.29, 0.717) is 22.1 Å². The Hall–Kier alpha value is -1.61. The Morgan fingerprint density at radius 1 is 1.14 bits per heavy atom. The number of carbonyl (C=O) groups is 1. The summed E-state index contributed by atoms with van der Waals surface area (Å²) in [5.41, 5.74) is 1.11. The van der Waals surface area contributed by atoms with Crippen LogP contribution in [-0.4, -0.2) is 38.1 Å². The van der Waals surface area contributed by atoms with Crippen LogP contribution in [0.5, 0.6) is 0 Å². The molecule has 120 valence electrons. The third kappa shape index (κ3) is 4.20. The van der Waals surface area contributed by atoms with Crippen molar-refractivity contribution in [2.45, 2.75) is 70.8 Å². The van der Waals surface area contributed by atoms with E-state index in [4.69, 9.17) is 0 Å². The zero-order chi connectivity index (χ0) is 17.0. The van der Waals surface area contributed by atoms with Crippen molar-refractivity contribution in [2.24, 2.45) is 0 Å². The third-order valence-electron chi connectivity index (χ3n) is 3.28. The summed E-state index contributed by atoms with van der Waals surface area (Å²) in [6, 6.07) is 2.42. The zero-order valence-electron chi connectivity index (χ0n) is 14.3. The number of aryl methyl sites for hydroxylation is 2. The molecule has 1 unspecified atom stereocenters. The Bertz CT molecular complexity index is 585. The molecule has 22 heavy (non-hydrogen) atoms. The summed E-state index contributed by atoms with van der Waals surface area (Å²) in [5, 5.41) is 9.57. The molecule has 5 nitrogen and oxygen atoms in total. The summed E-state index contributed by atoms with van der Waals surface area (Å²) in [6.07, 6.45) is 0. The van der Waals surface area contributed by atoms with Crippen molar-refractivity contribution in [3.63, 3.8) is 0 Å². The van der Waals surface area contributed by atoms with E-state index >= 15 is 0 Å². The van der Waals surface area contributed by atoms with Gasteiger partial charge < -0.3 is 4.90 Å². The fourth-order valence-corrected chi connectivity index (χ4v) is 3.48. The van der Waals surface area contributed by atoms with Crippen LogP contribution in [0.3, 0.4) is 0 Å². The molecular formula is C16H24N4OS. The lowest BCUT2D eigenvalue weighted by molar-refractivity contribution is -0.133. The first-order valence-corrected chi connectivity index (χ1v) is 8.31. The second-order valence-corrected chi connectivity index (χ2v) is 7.17. The van der Waals surface area contributed by atoms with E-state index in [1.54, 1.807) is 13.8 Å². The average Bonchev–Trinajstić information content (AvgIpc) is 2.37. The van der Waals surface area contributed by atoms with Gasteiger partial charge in [-0.25, -0.2) is 9.97 Å². The molecule has 1 heterocycles. The first-order valence-electron chi connectivity index (χ1n) is 7.43. The Morgan fingerprint density at radius 2 is 1.68 bits per heavy atom. The van der Waals surface area contributed by atoms with E-state index in [1.807, 2.05) is 39.5 Å². The molecule has 0 aliphatic carbocycles. The minimum atomic E-state index is -0.300. The molecule has 0 bridgehead atoms. The van der Waals surface area contributed by atoms with Crippen molar-refractivity contribution in [1.82, 2.24) is 14.9 Å². The molecule has 0 radical (unpaired) electrons. The van der Waals surface area contributed by atoms with Gasteiger partial charge in [0.25, 0.3) is 0 Å². The van der Waals surface area contributed by atoms with Gasteiger partial charge in [0.15, 0.2) is 0 Å². The van der Waals surface area contributed by atoms with E-state index in [2.05, 4.69) is 16.0 Å². The van der Waals surface area contributed by atoms with E-state index < -0.39 is 0 Å². The normalized spacial score (nSPS) is 12.4. The van der Waals surface area contributed by atoms with E-state index in [-0.39, 0.29) is 23.2 Å². The molecule has 0 aliphatic rings. The second-order valence-electron chi connectivity index (χ2n) is 5.84. The summed E-state index contributed by atoms with van der Waals surface area (Å²) in [6.45, 7) is 13.5. The highest BCUT2D eigenvalue weighted by Gasteiger charge is 2.27. The average molecular weight is 320 g/mol. The maximum absolute atomic E-state index is 12.7. The molecular weight excluding hydrogens is 296 g/mol. The smallest absolute Gasteiger partial charge is 0.236 e. The van der Waals surface area contributed by atoms with Crippen LogP contribution >= 0.6 is 11.8 Å². The molecule has 0 aliphatic heterocycles. The molecule has 6 heteroatoms. The van der Waals surface area contributed by atoms with Crippen LogP contribution in [0.2, 0.25) is 0 Å². The van der Waals surface area contributed by atoms with Gasteiger partial charge in [-0.05, 0) is 48.5 Å². The summed E-state index contributed by atoms with van der Waals surface area (Å²) in [4.78, 5) is 23.1. The molecule has 1 atom stereocenters. The Labute approximate surface area is 137 Å². The SMILES string of the molecule is Cc1nc(C)c(C#N)c(SC(C)C(=O)N(C(C)C)C(C)C)n1. The largest absolute Gasteiger partial charge is 0.337 e. The Morgan fingerprint density at radius 3 is 2.14 bits per heavy atom.